The monoisotopic (exact) mass is 233 g/mol. The number of aliphatic hydroxyl groups is 1. The molecule has 1 heterocycles. The standard InChI is InChI=1S/C13H19NOSi/c1-11-6-8-14-12(10-11)13(2,15)7-9-16(3,4)5/h6,8,10,15H,1-5H3. The summed E-state index contributed by atoms with van der Waals surface area (Å²) in [6.45, 7) is 10.1. The average Bonchev–Trinajstić information content (AvgIpc) is 2.14. The number of aryl methyl sites for hydroxylation is 1. The Morgan fingerprint density at radius 3 is 2.50 bits per heavy atom. The maximum Gasteiger partial charge on any atom is 0.164 e. The van der Waals surface area contributed by atoms with Crippen molar-refractivity contribution in [3.05, 3.63) is 29.6 Å². The Labute approximate surface area is 98.7 Å². The van der Waals surface area contributed by atoms with Crippen LogP contribution in [0.2, 0.25) is 19.6 Å². The third-order valence-corrected chi connectivity index (χ3v) is 2.97. The van der Waals surface area contributed by atoms with E-state index in [2.05, 4.69) is 36.1 Å². The zero-order valence-corrected chi connectivity index (χ0v) is 11.6. The molecule has 86 valence electrons. The topological polar surface area (TPSA) is 33.1 Å². The summed E-state index contributed by atoms with van der Waals surface area (Å²) in [5, 5.41) is 10.3. The van der Waals surface area contributed by atoms with E-state index >= 15 is 0 Å². The summed E-state index contributed by atoms with van der Waals surface area (Å²) < 4.78 is 0. The zero-order valence-electron chi connectivity index (χ0n) is 10.6. The highest BCUT2D eigenvalue weighted by Gasteiger charge is 2.22. The van der Waals surface area contributed by atoms with Crippen LogP contribution in [-0.4, -0.2) is 18.2 Å². The second-order valence-corrected chi connectivity index (χ2v) is 10.0. The van der Waals surface area contributed by atoms with E-state index in [0.717, 1.165) is 5.56 Å². The second kappa shape index (κ2) is 4.40. The summed E-state index contributed by atoms with van der Waals surface area (Å²) in [6.07, 6.45) is 1.70. The summed E-state index contributed by atoms with van der Waals surface area (Å²) in [6, 6.07) is 3.78. The molecule has 0 saturated heterocycles. The van der Waals surface area contributed by atoms with E-state index in [1.807, 2.05) is 19.1 Å². The van der Waals surface area contributed by atoms with Gasteiger partial charge in [0.05, 0.1) is 5.69 Å². The van der Waals surface area contributed by atoms with Gasteiger partial charge in [-0.2, -0.15) is 0 Å². The molecule has 1 rings (SSSR count). The van der Waals surface area contributed by atoms with Crippen molar-refractivity contribution in [3.8, 4) is 11.5 Å². The molecular weight excluding hydrogens is 214 g/mol. The molecule has 3 heteroatoms. The molecule has 1 unspecified atom stereocenters. The van der Waals surface area contributed by atoms with Gasteiger partial charge >= 0.3 is 0 Å². The minimum Gasteiger partial charge on any atom is -0.372 e. The van der Waals surface area contributed by atoms with Gasteiger partial charge in [0.25, 0.3) is 0 Å². The van der Waals surface area contributed by atoms with Crippen molar-refractivity contribution in [3.63, 3.8) is 0 Å². The van der Waals surface area contributed by atoms with Crippen molar-refractivity contribution in [1.29, 1.82) is 0 Å². The molecule has 0 amide bonds. The van der Waals surface area contributed by atoms with E-state index in [0.29, 0.717) is 5.69 Å². The minimum absolute atomic E-state index is 0.623. The van der Waals surface area contributed by atoms with Gasteiger partial charge in [0.15, 0.2) is 5.60 Å². The maximum atomic E-state index is 10.3. The van der Waals surface area contributed by atoms with Gasteiger partial charge in [-0.1, -0.05) is 25.6 Å². The summed E-state index contributed by atoms with van der Waals surface area (Å²) in [5.41, 5.74) is 3.74. The molecular formula is C13H19NOSi. The molecule has 0 spiro atoms. The van der Waals surface area contributed by atoms with Crippen LogP contribution < -0.4 is 0 Å². The van der Waals surface area contributed by atoms with Crippen molar-refractivity contribution in [2.45, 2.75) is 39.1 Å². The van der Waals surface area contributed by atoms with Crippen LogP contribution in [0.1, 0.15) is 18.2 Å². The first kappa shape index (κ1) is 13.0. The minimum atomic E-state index is -1.46. The molecule has 2 nitrogen and oxygen atoms in total. The molecule has 0 aliphatic heterocycles. The Balaban J connectivity index is 3.06. The Kier molecular flexibility index (Phi) is 3.56. The van der Waals surface area contributed by atoms with E-state index < -0.39 is 13.7 Å². The predicted octanol–water partition coefficient (Wildman–Crippen LogP) is 2.48. The highest BCUT2D eigenvalue weighted by Crippen LogP contribution is 2.18. The van der Waals surface area contributed by atoms with Crippen LogP contribution in [0.15, 0.2) is 18.3 Å². The van der Waals surface area contributed by atoms with E-state index in [1.54, 1.807) is 13.1 Å². The van der Waals surface area contributed by atoms with Gasteiger partial charge in [0.1, 0.15) is 8.07 Å². The van der Waals surface area contributed by atoms with Gasteiger partial charge in [0, 0.05) is 6.20 Å². The lowest BCUT2D eigenvalue weighted by Gasteiger charge is -2.17. The molecule has 1 aromatic heterocycles. The molecule has 16 heavy (non-hydrogen) atoms. The number of aromatic nitrogens is 1. The summed E-state index contributed by atoms with van der Waals surface area (Å²) in [4.78, 5) is 4.17. The lowest BCUT2D eigenvalue weighted by Crippen LogP contribution is -2.24. The normalized spacial score (nSPS) is 14.9. The lowest BCUT2D eigenvalue weighted by atomic mass is 10.0. The highest BCUT2D eigenvalue weighted by atomic mass is 28.3. The van der Waals surface area contributed by atoms with E-state index in [9.17, 15) is 5.11 Å². The number of nitrogens with zero attached hydrogens (tertiary/aromatic N) is 1. The quantitative estimate of drug-likeness (QED) is 0.597. The maximum absolute atomic E-state index is 10.3. The van der Waals surface area contributed by atoms with Crippen LogP contribution in [0.3, 0.4) is 0 Å². The molecule has 1 atom stereocenters. The molecule has 1 aromatic rings. The van der Waals surface area contributed by atoms with E-state index in [1.165, 1.54) is 0 Å². The summed E-state index contributed by atoms with van der Waals surface area (Å²) in [5.74, 6) is 2.95. The van der Waals surface area contributed by atoms with Crippen molar-refractivity contribution in [2.75, 3.05) is 0 Å². The van der Waals surface area contributed by atoms with Gasteiger partial charge in [-0.05, 0) is 31.5 Å². The lowest BCUT2D eigenvalue weighted by molar-refractivity contribution is 0.117. The Hall–Kier alpha value is -1.11. The van der Waals surface area contributed by atoms with E-state index in [4.69, 9.17) is 0 Å². The molecule has 1 N–H and O–H groups in total. The molecule has 0 aromatic carbocycles. The molecule has 0 aliphatic rings. The first-order valence-electron chi connectivity index (χ1n) is 5.40. The molecule has 0 bridgehead atoms. The van der Waals surface area contributed by atoms with Crippen LogP contribution in [-0.2, 0) is 5.60 Å². The van der Waals surface area contributed by atoms with Crippen LogP contribution in [0, 0.1) is 18.4 Å². The Bertz CT molecular complexity index is 435. The van der Waals surface area contributed by atoms with E-state index in [-0.39, 0.29) is 0 Å². The molecule has 0 saturated carbocycles. The van der Waals surface area contributed by atoms with Gasteiger partial charge in [0.2, 0.25) is 0 Å². The first-order chi connectivity index (χ1) is 7.21. The predicted molar refractivity (Wildman–Crippen MR) is 69.7 cm³/mol. The van der Waals surface area contributed by atoms with Crippen LogP contribution in [0.25, 0.3) is 0 Å². The number of hydrogen-bond donors (Lipinski definition) is 1. The fourth-order valence-corrected chi connectivity index (χ4v) is 1.79. The second-order valence-electron chi connectivity index (χ2n) is 5.29. The van der Waals surface area contributed by atoms with Crippen LogP contribution >= 0.6 is 0 Å². The highest BCUT2D eigenvalue weighted by molar-refractivity contribution is 6.83. The smallest absolute Gasteiger partial charge is 0.164 e. The molecule has 0 aliphatic carbocycles. The number of pyridine rings is 1. The summed E-state index contributed by atoms with van der Waals surface area (Å²) in [7, 11) is -1.46. The fourth-order valence-electron chi connectivity index (χ4n) is 1.18. The van der Waals surface area contributed by atoms with Gasteiger partial charge < -0.3 is 5.11 Å². The first-order valence-corrected chi connectivity index (χ1v) is 8.90. The van der Waals surface area contributed by atoms with Crippen molar-refractivity contribution in [2.24, 2.45) is 0 Å². The van der Waals surface area contributed by atoms with Crippen molar-refractivity contribution in [1.82, 2.24) is 4.98 Å². The zero-order chi connectivity index (χ0) is 12.4. The van der Waals surface area contributed by atoms with Crippen molar-refractivity contribution >= 4 is 8.07 Å². The number of hydrogen-bond acceptors (Lipinski definition) is 2. The van der Waals surface area contributed by atoms with Gasteiger partial charge in [-0.3, -0.25) is 4.98 Å². The fraction of sp³-hybridized carbons (Fsp3) is 0.462. The third kappa shape index (κ3) is 3.80. The van der Waals surface area contributed by atoms with Crippen LogP contribution in [0.5, 0.6) is 0 Å². The number of rotatable bonds is 1. The third-order valence-electron chi connectivity index (χ3n) is 2.10. The molecule has 0 radical (unpaired) electrons. The molecule has 0 fully saturated rings. The largest absolute Gasteiger partial charge is 0.372 e. The van der Waals surface area contributed by atoms with Gasteiger partial charge in [-0.25, -0.2) is 0 Å². The van der Waals surface area contributed by atoms with Crippen molar-refractivity contribution < 1.29 is 5.11 Å². The Morgan fingerprint density at radius 2 is 2.00 bits per heavy atom. The van der Waals surface area contributed by atoms with Gasteiger partial charge in [-0.15, -0.1) is 5.54 Å². The Morgan fingerprint density at radius 1 is 1.38 bits per heavy atom. The summed E-state index contributed by atoms with van der Waals surface area (Å²) >= 11 is 0. The SMILES string of the molecule is Cc1ccnc(C(C)(O)C#C[Si](C)(C)C)c1. The average molecular weight is 233 g/mol. The van der Waals surface area contributed by atoms with Crippen LogP contribution in [0.4, 0.5) is 0 Å².